The molecule has 0 spiro atoms. The quantitative estimate of drug-likeness (QED) is 0.828. The van der Waals surface area contributed by atoms with E-state index in [1.807, 2.05) is 18.2 Å². The Morgan fingerprint density at radius 3 is 3.00 bits per heavy atom. The summed E-state index contributed by atoms with van der Waals surface area (Å²) in [5.41, 5.74) is 7.60. The average Bonchev–Trinajstić information content (AvgIpc) is 2.68. The van der Waals surface area contributed by atoms with Gasteiger partial charge in [-0.25, -0.2) is 4.98 Å². The molecule has 3 nitrogen and oxygen atoms in total. The lowest BCUT2D eigenvalue weighted by atomic mass is 10.3. The van der Waals surface area contributed by atoms with Gasteiger partial charge in [-0.05, 0) is 24.6 Å². The third-order valence-corrected chi connectivity index (χ3v) is 3.71. The summed E-state index contributed by atoms with van der Waals surface area (Å²) in [6, 6.07) is 5.88. The van der Waals surface area contributed by atoms with Gasteiger partial charge in [-0.1, -0.05) is 24.7 Å². The van der Waals surface area contributed by atoms with Crippen LogP contribution in [0.25, 0.3) is 10.2 Å². The van der Waals surface area contributed by atoms with E-state index < -0.39 is 0 Å². The van der Waals surface area contributed by atoms with Crippen molar-refractivity contribution in [2.75, 3.05) is 24.2 Å². The van der Waals surface area contributed by atoms with Gasteiger partial charge in [0, 0.05) is 19.3 Å². The fourth-order valence-electron chi connectivity index (χ4n) is 1.58. The van der Waals surface area contributed by atoms with E-state index in [1.165, 1.54) is 17.5 Å². The second-order valence-electron chi connectivity index (χ2n) is 4.00. The Hall–Kier alpha value is -1.29. The molecule has 2 rings (SSSR count). The third kappa shape index (κ3) is 2.27. The van der Waals surface area contributed by atoms with Gasteiger partial charge in [-0.2, -0.15) is 0 Å². The maximum absolute atomic E-state index is 5.75. The first-order valence-electron chi connectivity index (χ1n) is 5.58. The van der Waals surface area contributed by atoms with Gasteiger partial charge in [0.2, 0.25) is 0 Å². The van der Waals surface area contributed by atoms with Gasteiger partial charge in [0.15, 0.2) is 5.13 Å². The zero-order chi connectivity index (χ0) is 11.5. The van der Waals surface area contributed by atoms with Crippen molar-refractivity contribution in [3.05, 3.63) is 18.2 Å². The Morgan fingerprint density at radius 2 is 2.25 bits per heavy atom. The zero-order valence-corrected chi connectivity index (χ0v) is 10.5. The predicted molar refractivity (Wildman–Crippen MR) is 72.2 cm³/mol. The largest absolute Gasteiger partial charge is 0.399 e. The first-order chi connectivity index (χ1) is 7.70. The van der Waals surface area contributed by atoms with Crippen LogP contribution in [0.5, 0.6) is 0 Å². The van der Waals surface area contributed by atoms with Crippen molar-refractivity contribution in [2.24, 2.45) is 0 Å². The van der Waals surface area contributed by atoms with Gasteiger partial charge < -0.3 is 10.6 Å². The van der Waals surface area contributed by atoms with Crippen molar-refractivity contribution in [3.63, 3.8) is 0 Å². The fraction of sp³-hybridized carbons (Fsp3) is 0.417. The van der Waals surface area contributed by atoms with Crippen molar-refractivity contribution in [3.8, 4) is 0 Å². The van der Waals surface area contributed by atoms with Crippen molar-refractivity contribution in [2.45, 2.75) is 19.8 Å². The molecular weight excluding hydrogens is 218 g/mol. The average molecular weight is 235 g/mol. The summed E-state index contributed by atoms with van der Waals surface area (Å²) < 4.78 is 1.17. The number of rotatable bonds is 4. The zero-order valence-electron chi connectivity index (χ0n) is 9.73. The smallest absolute Gasteiger partial charge is 0.186 e. The van der Waals surface area contributed by atoms with E-state index in [9.17, 15) is 0 Å². The van der Waals surface area contributed by atoms with Crippen LogP contribution in [0, 0.1) is 0 Å². The maximum atomic E-state index is 5.75. The molecule has 0 aliphatic rings. The lowest BCUT2D eigenvalue weighted by molar-refractivity contribution is 0.765. The monoisotopic (exact) mass is 235 g/mol. The van der Waals surface area contributed by atoms with Crippen molar-refractivity contribution in [1.82, 2.24) is 4.98 Å². The molecule has 0 unspecified atom stereocenters. The molecule has 0 bridgehead atoms. The molecule has 0 aliphatic carbocycles. The van der Waals surface area contributed by atoms with E-state index in [4.69, 9.17) is 5.73 Å². The predicted octanol–water partition coefficient (Wildman–Crippen LogP) is 3.11. The highest BCUT2D eigenvalue weighted by Gasteiger charge is 2.07. The molecule has 4 heteroatoms. The van der Waals surface area contributed by atoms with E-state index >= 15 is 0 Å². The normalized spacial score (nSPS) is 10.9. The number of hydrogen-bond acceptors (Lipinski definition) is 4. The van der Waals surface area contributed by atoms with Crippen molar-refractivity contribution in [1.29, 1.82) is 0 Å². The van der Waals surface area contributed by atoms with Crippen LogP contribution in [-0.4, -0.2) is 18.6 Å². The van der Waals surface area contributed by atoms with E-state index in [0.717, 1.165) is 22.9 Å². The second-order valence-corrected chi connectivity index (χ2v) is 5.01. The van der Waals surface area contributed by atoms with Crippen molar-refractivity contribution >= 4 is 32.4 Å². The van der Waals surface area contributed by atoms with E-state index in [0.29, 0.717) is 0 Å². The minimum absolute atomic E-state index is 0.805. The molecule has 1 aromatic heterocycles. The van der Waals surface area contributed by atoms with Crippen molar-refractivity contribution < 1.29 is 0 Å². The number of fused-ring (bicyclic) bond motifs is 1. The third-order valence-electron chi connectivity index (χ3n) is 2.57. The molecule has 0 radical (unpaired) electrons. The van der Waals surface area contributed by atoms with E-state index in [-0.39, 0.29) is 0 Å². The highest BCUT2D eigenvalue weighted by molar-refractivity contribution is 7.22. The number of benzene rings is 1. The van der Waals surface area contributed by atoms with Crippen LogP contribution < -0.4 is 10.6 Å². The minimum atomic E-state index is 0.805. The Balaban J connectivity index is 2.25. The number of aromatic nitrogens is 1. The highest BCUT2D eigenvalue weighted by atomic mass is 32.1. The molecule has 1 heterocycles. The summed E-state index contributed by atoms with van der Waals surface area (Å²) in [4.78, 5) is 6.81. The molecule has 16 heavy (non-hydrogen) atoms. The Labute approximate surface area is 99.9 Å². The Morgan fingerprint density at radius 1 is 1.44 bits per heavy atom. The number of nitrogen functional groups attached to an aromatic ring is 1. The summed E-state index contributed by atoms with van der Waals surface area (Å²) in [5.74, 6) is 0. The lowest BCUT2D eigenvalue weighted by Gasteiger charge is -2.14. The van der Waals surface area contributed by atoms with Gasteiger partial charge >= 0.3 is 0 Å². The molecule has 0 aliphatic heterocycles. The van der Waals surface area contributed by atoms with Gasteiger partial charge in [0.05, 0.1) is 10.2 Å². The number of hydrogen-bond donors (Lipinski definition) is 1. The van der Waals surface area contributed by atoms with Gasteiger partial charge in [-0.3, -0.25) is 0 Å². The first kappa shape index (κ1) is 11.2. The molecule has 2 aromatic rings. The number of thiazole rings is 1. The number of unbranched alkanes of at least 4 members (excludes halogenated alkanes) is 1. The number of nitrogens with zero attached hydrogens (tertiary/aromatic N) is 2. The molecule has 0 atom stereocenters. The molecule has 86 valence electrons. The topological polar surface area (TPSA) is 42.2 Å². The highest BCUT2D eigenvalue weighted by Crippen LogP contribution is 2.29. The minimum Gasteiger partial charge on any atom is -0.399 e. The van der Waals surface area contributed by atoms with Gasteiger partial charge in [0.1, 0.15) is 0 Å². The molecular formula is C12H17N3S. The summed E-state index contributed by atoms with van der Waals surface area (Å²) in [5, 5.41) is 1.08. The summed E-state index contributed by atoms with van der Waals surface area (Å²) >= 11 is 1.70. The first-order valence-corrected chi connectivity index (χ1v) is 6.39. The SMILES string of the molecule is CCCCN(C)c1nc2ccc(N)cc2s1. The van der Waals surface area contributed by atoms with Crippen LogP contribution in [0.3, 0.4) is 0 Å². The van der Waals surface area contributed by atoms with E-state index in [2.05, 4.69) is 23.9 Å². The standard InChI is InChI=1S/C12H17N3S/c1-3-4-7-15(2)12-14-10-6-5-9(13)8-11(10)16-12/h5-6,8H,3-4,7,13H2,1-2H3. The van der Waals surface area contributed by atoms with Crippen LogP contribution in [0.4, 0.5) is 10.8 Å². The Bertz CT molecular complexity index is 478. The summed E-state index contributed by atoms with van der Waals surface area (Å²) in [7, 11) is 2.09. The van der Waals surface area contributed by atoms with Crippen LogP contribution in [0.2, 0.25) is 0 Å². The molecule has 0 saturated carbocycles. The lowest BCUT2D eigenvalue weighted by Crippen LogP contribution is -2.17. The van der Waals surface area contributed by atoms with Crippen LogP contribution in [-0.2, 0) is 0 Å². The molecule has 0 saturated heterocycles. The summed E-state index contributed by atoms with van der Waals surface area (Å²) in [6.45, 7) is 3.26. The molecule has 1 aromatic carbocycles. The van der Waals surface area contributed by atoms with Gasteiger partial charge in [-0.15, -0.1) is 0 Å². The molecule has 0 fully saturated rings. The van der Waals surface area contributed by atoms with E-state index in [1.54, 1.807) is 11.3 Å². The Kier molecular flexibility index (Phi) is 3.29. The number of nitrogens with two attached hydrogens (primary N) is 1. The van der Waals surface area contributed by atoms with Gasteiger partial charge in [0.25, 0.3) is 0 Å². The van der Waals surface area contributed by atoms with Crippen LogP contribution in [0.15, 0.2) is 18.2 Å². The van der Waals surface area contributed by atoms with Crippen LogP contribution >= 0.6 is 11.3 Å². The summed E-state index contributed by atoms with van der Waals surface area (Å²) in [6.07, 6.45) is 2.41. The number of anilines is 2. The van der Waals surface area contributed by atoms with Crippen LogP contribution in [0.1, 0.15) is 19.8 Å². The molecule has 0 amide bonds. The second kappa shape index (κ2) is 4.70. The fourth-order valence-corrected chi connectivity index (χ4v) is 2.58. The molecule has 2 N–H and O–H groups in total. The maximum Gasteiger partial charge on any atom is 0.186 e.